The first-order chi connectivity index (χ1) is 7.07. The summed E-state index contributed by atoms with van der Waals surface area (Å²) in [7, 11) is 0. The fourth-order valence-electron chi connectivity index (χ4n) is 1.24. The van der Waals surface area contributed by atoms with Crippen molar-refractivity contribution >= 4 is 5.91 Å². The third-order valence-electron chi connectivity index (χ3n) is 1.94. The lowest BCUT2D eigenvalue weighted by Crippen LogP contribution is -2.42. The second kappa shape index (κ2) is 8.08. The van der Waals surface area contributed by atoms with Gasteiger partial charge in [0.25, 0.3) is 0 Å². The monoisotopic (exact) mass is 213 g/mol. The van der Waals surface area contributed by atoms with Crippen LogP contribution in [0.25, 0.3) is 10.4 Å². The van der Waals surface area contributed by atoms with Crippen LogP contribution < -0.4 is 11.1 Å². The number of carbonyl (C=O) groups excluding carboxylic acids is 1. The van der Waals surface area contributed by atoms with E-state index >= 15 is 0 Å². The number of amides is 1. The van der Waals surface area contributed by atoms with E-state index in [9.17, 15) is 4.79 Å². The summed E-state index contributed by atoms with van der Waals surface area (Å²) in [5.41, 5.74) is 13.3. The van der Waals surface area contributed by atoms with Crippen LogP contribution in [0.5, 0.6) is 0 Å². The van der Waals surface area contributed by atoms with Crippen molar-refractivity contribution in [3.05, 3.63) is 10.4 Å². The van der Waals surface area contributed by atoms with Gasteiger partial charge in [0.1, 0.15) is 0 Å². The van der Waals surface area contributed by atoms with Crippen molar-refractivity contribution < 1.29 is 4.79 Å². The highest BCUT2D eigenvalue weighted by Gasteiger charge is 2.15. The predicted octanol–water partition coefficient (Wildman–Crippen LogP) is 1.18. The molecule has 0 radical (unpaired) electrons. The van der Waals surface area contributed by atoms with E-state index in [2.05, 4.69) is 15.3 Å². The third-order valence-corrected chi connectivity index (χ3v) is 1.94. The Labute approximate surface area is 89.8 Å². The van der Waals surface area contributed by atoms with E-state index < -0.39 is 0 Å². The minimum absolute atomic E-state index is 0.281. The Morgan fingerprint density at radius 1 is 1.60 bits per heavy atom. The zero-order valence-corrected chi connectivity index (χ0v) is 9.31. The number of nitrogens with one attached hydrogen (secondary N) is 1. The summed E-state index contributed by atoms with van der Waals surface area (Å²) in [6.07, 6.45) is 1.45. The minimum Gasteiger partial charge on any atom is -0.368 e. The number of nitrogens with zero attached hydrogens (tertiary/aromatic N) is 3. The van der Waals surface area contributed by atoms with Gasteiger partial charge in [0.2, 0.25) is 5.91 Å². The Morgan fingerprint density at radius 2 is 2.27 bits per heavy atom. The van der Waals surface area contributed by atoms with E-state index in [4.69, 9.17) is 11.3 Å². The average molecular weight is 213 g/mol. The van der Waals surface area contributed by atoms with Crippen LogP contribution in [0, 0.1) is 5.92 Å². The molecule has 0 aliphatic heterocycles. The molecule has 0 rings (SSSR count). The molecule has 0 aromatic rings. The lowest BCUT2D eigenvalue weighted by atomic mass is 10.0. The predicted molar refractivity (Wildman–Crippen MR) is 59.1 cm³/mol. The third kappa shape index (κ3) is 7.78. The van der Waals surface area contributed by atoms with Gasteiger partial charge in [-0.2, -0.15) is 0 Å². The van der Waals surface area contributed by atoms with E-state index in [1.165, 1.54) is 0 Å². The topological polar surface area (TPSA) is 104 Å². The van der Waals surface area contributed by atoms with Gasteiger partial charge < -0.3 is 11.1 Å². The fraction of sp³-hybridized carbons (Fsp3) is 0.889. The molecule has 0 aromatic carbocycles. The zero-order chi connectivity index (χ0) is 11.7. The van der Waals surface area contributed by atoms with Crippen LogP contribution in [0.2, 0.25) is 0 Å². The van der Waals surface area contributed by atoms with Crippen LogP contribution in [0.1, 0.15) is 26.7 Å². The van der Waals surface area contributed by atoms with E-state index in [0.717, 1.165) is 6.42 Å². The number of azide groups is 1. The summed E-state index contributed by atoms with van der Waals surface area (Å²) < 4.78 is 0. The molecule has 0 bridgehead atoms. The number of hydrogen-bond acceptors (Lipinski definition) is 3. The number of hydrogen-bond donors (Lipinski definition) is 2. The van der Waals surface area contributed by atoms with Gasteiger partial charge >= 0.3 is 0 Å². The highest BCUT2D eigenvalue weighted by Crippen LogP contribution is 2.04. The van der Waals surface area contributed by atoms with Gasteiger partial charge in [0.05, 0.1) is 6.04 Å². The number of rotatable bonds is 8. The van der Waals surface area contributed by atoms with Gasteiger partial charge in [-0.05, 0) is 30.8 Å². The molecule has 3 N–H and O–H groups in total. The van der Waals surface area contributed by atoms with Gasteiger partial charge in [0.15, 0.2) is 0 Å². The quantitative estimate of drug-likeness (QED) is 0.273. The summed E-state index contributed by atoms with van der Waals surface area (Å²) >= 11 is 0. The molecule has 15 heavy (non-hydrogen) atoms. The Bertz CT molecular complexity index is 235. The Kier molecular flexibility index (Phi) is 7.40. The lowest BCUT2D eigenvalue weighted by Gasteiger charge is -2.16. The zero-order valence-electron chi connectivity index (χ0n) is 9.31. The maximum absolute atomic E-state index is 11.0. The van der Waals surface area contributed by atoms with Crippen molar-refractivity contribution in [2.24, 2.45) is 16.8 Å². The molecule has 0 heterocycles. The van der Waals surface area contributed by atoms with Crippen LogP contribution in [0.3, 0.4) is 0 Å². The Hall–Kier alpha value is -1.26. The molecule has 1 amide bonds. The molecule has 0 aliphatic carbocycles. The molecule has 1 unspecified atom stereocenters. The second-order valence-electron chi connectivity index (χ2n) is 3.85. The molecule has 1 atom stereocenters. The number of primary amides is 1. The van der Waals surface area contributed by atoms with Gasteiger partial charge in [0, 0.05) is 11.5 Å². The van der Waals surface area contributed by atoms with Crippen LogP contribution in [0.15, 0.2) is 5.11 Å². The van der Waals surface area contributed by atoms with Crippen LogP contribution in [-0.4, -0.2) is 25.0 Å². The Morgan fingerprint density at radius 3 is 2.73 bits per heavy atom. The Balaban J connectivity index is 3.76. The molecule has 6 heteroatoms. The lowest BCUT2D eigenvalue weighted by molar-refractivity contribution is -0.120. The van der Waals surface area contributed by atoms with E-state index in [1.807, 2.05) is 13.8 Å². The van der Waals surface area contributed by atoms with Crippen molar-refractivity contribution in [2.75, 3.05) is 13.1 Å². The molecule has 0 aromatic heterocycles. The second-order valence-corrected chi connectivity index (χ2v) is 3.85. The first-order valence-electron chi connectivity index (χ1n) is 5.11. The van der Waals surface area contributed by atoms with Gasteiger partial charge in [-0.3, -0.25) is 4.79 Å². The minimum atomic E-state index is -0.326. The standard InChI is InChI=1S/C9H19N5O/c1-7(2)6-8(9(10)15)12-4-3-5-13-14-11/h7-8,12H,3-6H2,1-2H3,(H2,10,15). The molecule has 0 spiro atoms. The molecule has 86 valence electrons. The normalized spacial score (nSPS) is 12.2. The van der Waals surface area contributed by atoms with Crippen molar-refractivity contribution in [2.45, 2.75) is 32.7 Å². The molecule has 0 aliphatic rings. The molecule has 0 fully saturated rings. The van der Waals surface area contributed by atoms with Gasteiger partial charge in [-0.15, -0.1) is 0 Å². The SMILES string of the molecule is CC(C)CC(NCCCN=[N+]=[N-])C(N)=O. The van der Waals surface area contributed by atoms with Gasteiger partial charge in [-0.1, -0.05) is 19.0 Å². The fourth-order valence-corrected chi connectivity index (χ4v) is 1.24. The number of nitrogens with two attached hydrogens (primary N) is 1. The summed E-state index contributed by atoms with van der Waals surface area (Å²) in [4.78, 5) is 13.7. The van der Waals surface area contributed by atoms with Crippen molar-refractivity contribution in [1.29, 1.82) is 0 Å². The van der Waals surface area contributed by atoms with Crippen LogP contribution in [-0.2, 0) is 4.79 Å². The van der Waals surface area contributed by atoms with Gasteiger partial charge in [-0.25, -0.2) is 0 Å². The number of carbonyl (C=O) groups is 1. The summed E-state index contributed by atoms with van der Waals surface area (Å²) in [6, 6.07) is -0.281. The highest BCUT2D eigenvalue weighted by molar-refractivity contribution is 5.79. The molecule has 0 saturated heterocycles. The van der Waals surface area contributed by atoms with E-state index in [-0.39, 0.29) is 11.9 Å². The average Bonchev–Trinajstić information content (AvgIpc) is 2.15. The molecular formula is C9H19N5O. The van der Waals surface area contributed by atoms with Crippen LogP contribution in [0.4, 0.5) is 0 Å². The highest BCUT2D eigenvalue weighted by atomic mass is 16.1. The van der Waals surface area contributed by atoms with Crippen molar-refractivity contribution in [3.63, 3.8) is 0 Å². The smallest absolute Gasteiger partial charge is 0.234 e. The summed E-state index contributed by atoms with van der Waals surface area (Å²) in [5, 5.41) is 6.45. The van der Waals surface area contributed by atoms with Crippen molar-refractivity contribution in [1.82, 2.24) is 5.32 Å². The summed E-state index contributed by atoms with van der Waals surface area (Å²) in [6.45, 7) is 5.16. The van der Waals surface area contributed by atoms with Crippen molar-refractivity contribution in [3.8, 4) is 0 Å². The molecular weight excluding hydrogens is 194 g/mol. The largest absolute Gasteiger partial charge is 0.368 e. The first-order valence-corrected chi connectivity index (χ1v) is 5.11. The van der Waals surface area contributed by atoms with Crippen LogP contribution >= 0.6 is 0 Å². The maximum atomic E-state index is 11.0. The summed E-state index contributed by atoms with van der Waals surface area (Å²) in [5.74, 6) is 0.0969. The maximum Gasteiger partial charge on any atom is 0.234 e. The van der Waals surface area contributed by atoms with E-state index in [1.54, 1.807) is 0 Å². The van der Waals surface area contributed by atoms with E-state index in [0.29, 0.717) is 25.4 Å². The molecule has 0 saturated carbocycles. The molecule has 6 nitrogen and oxygen atoms in total. The first kappa shape index (κ1) is 13.7.